The first-order chi connectivity index (χ1) is 16.8. The molecule has 0 aliphatic heterocycles. The first-order valence-electron chi connectivity index (χ1n) is 11.4. The number of aromatic nitrogens is 2. The third-order valence-electron chi connectivity index (χ3n) is 6.74. The summed E-state index contributed by atoms with van der Waals surface area (Å²) in [6.45, 7) is 0. The van der Waals surface area contributed by atoms with Gasteiger partial charge in [-0.1, -0.05) is 72.8 Å². The topological polar surface area (TPSA) is 26.9 Å². The number of carbonyl (C=O) groups excluding carboxylic acids is 1. The Kier molecular flexibility index (Phi) is 4.00. The van der Waals surface area contributed by atoms with E-state index in [1.165, 1.54) is 0 Å². The number of rotatable bonds is 2. The summed E-state index contributed by atoms with van der Waals surface area (Å²) < 4.78 is 4.07. The molecule has 0 saturated heterocycles. The predicted octanol–water partition coefficient (Wildman–Crippen LogP) is 7.58. The molecule has 3 heteroatoms. The van der Waals surface area contributed by atoms with Crippen LogP contribution in [-0.2, 0) is 0 Å². The van der Waals surface area contributed by atoms with Crippen LogP contribution in [0.15, 0.2) is 121 Å². The van der Waals surface area contributed by atoms with Gasteiger partial charge in [0.1, 0.15) is 0 Å². The van der Waals surface area contributed by atoms with Crippen molar-refractivity contribution in [2.75, 3.05) is 0 Å². The highest BCUT2D eigenvalue weighted by molar-refractivity contribution is 6.23. The maximum Gasteiger partial charge on any atom is 0.262 e. The van der Waals surface area contributed by atoms with Crippen molar-refractivity contribution in [1.29, 1.82) is 0 Å². The van der Waals surface area contributed by atoms with E-state index in [9.17, 15) is 4.79 Å². The van der Waals surface area contributed by atoms with Gasteiger partial charge in [-0.25, -0.2) is 0 Å². The third kappa shape index (κ3) is 2.67. The smallest absolute Gasteiger partial charge is 0.262 e. The molecular formula is C31H20N2O. The summed E-state index contributed by atoms with van der Waals surface area (Å²) in [6, 6.07) is 39.0. The normalized spacial score (nSPS) is 11.6. The first-order valence-corrected chi connectivity index (χ1v) is 11.4. The molecule has 7 aromatic rings. The molecule has 5 aromatic carbocycles. The summed E-state index contributed by atoms with van der Waals surface area (Å²) in [7, 11) is 0. The van der Waals surface area contributed by atoms with E-state index < -0.39 is 0 Å². The minimum atomic E-state index is -0.0167. The highest BCUT2D eigenvalue weighted by Crippen LogP contribution is 2.36. The number of para-hydroxylation sites is 2. The molecule has 0 saturated carbocycles. The van der Waals surface area contributed by atoms with Crippen LogP contribution in [0.25, 0.3) is 49.2 Å². The van der Waals surface area contributed by atoms with Crippen LogP contribution in [0.2, 0.25) is 0 Å². The zero-order valence-corrected chi connectivity index (χ0v) is 18.3. The second-order valence-corrected chi connectivity index (χ2v) is 8.64. The summed E-state index contributed by atoms with van der Waals surface area (Å²) in [5.74, 6) is -0.0167. The molecule has 0 N–H and O–H groups in total. The molecule has 0 atom stereocenters. The molecule has 0 bridgehead atoms. The van der Waals surface area contributed by atoms with Crippen LogP contribution >= 0.6 is 0 Å². The van der Waals surface area contributed by atoms with Gasteiger partial charge >= 0.3 is 0 Å². The van der Waals surface area contributed by atoms with E-state index in [1.54, 1.807) is 0 Å². The van der Waals surface area contributed by atoms with E-state index in [-0.39, 0.29) is 5.91 Å². The molecule has 7 rings (SSSR count). The Balaban J connectivity index is 1.54. The van der Waals surface area contributed by atoms with Gasteiger partial charge in [0.05, 0.1) is 16.6 Å². The first kappa shape index (κ1) is 18.9. The van der Waals surface area contributed by atoms with Crippen LogP contribution in [0, 0.1) is 0 Å². The van der Waals surface area contributed by atoms with Crippen molar-refractivity contribution in [1.82, 2.24) is 9.13 Å². The lowest BCUT2D eigenvalue weighted by molar-refractivity contribution is 0.0970. The highest BCUT2D eigenvalue weighted by atomic mass is 16.2. The van der Waals surface area contributed by atoms with Crippen molar-refractivity contribution >= 4 is 49.4 Å². The van der Waals surface area contributed by atoms with Gasteiger partial charge in [-0.05, 0) is 53.2 Å². The van der Waals surface area contributed by atoms with E-state index in [2.05, 4.69) is 59.3 Å². The van der Waals surface area contributed by atoms with Gasteiger partial charge in [0.25, 0.3) is 5.91 Å². The summed E-state index contributed by atoms with van der Waals surface area (Å²) in [5.41, 5.74) is 4.73. The highest BCUT2D eigenvalue weighted by Gasteiger charge is 2.20. The van der Waals surface area contributed by atoms with Crippen LogP contribution < -0.4 is 0 Å². The average molecular weight is 437 g/mol. The van der Waals surface area contributed by atoms with Gasteiger partial charge in [-0.3, -0.25) is 9.36 Å². The van der Waals surface area contributed by atoms with Crippen molar-refractivity contribution in [3.8, 4) is 5.69 Å². The van der Waals surface area contributed by atoms with Gasteiger partial charge in [-0.2, -0.15) is 0 Å². The van der Waals surface area contributed by atoms with Crippen LogP contribution in [0.1, 0.15) is 10.4 Å². The molecule has 0 fully saturated rings. The number of benzene rings is 5. The zero-order valence-electron chi connectivity index (χ0n) is 18.3. The Hall–Kier alpha value is -4.63. The van der Waals surface area contributed by atoms with Crippen molar-refractivity contribution < 1.29 is 4.79 Å². The van der Waals surface area contributed by atoms with Crippen molar-refractivity contribution in [3.63, 3.8) is 0 Å². The Morgan fingerprint density at radius 3 is 2.21 bits per heavy atom. The van der Waals surface area contributed by atoms with Gasteiger partial charge in [0, 0.05) is 33.6 Å². The lowest BCUT2D eigenvalue weighted by Crippen LogP contribution is -2.11. The fraction of sp³-hybridized carbons (Fsp3) is 0. The number of carbonyl (C=O) groups is 1. The fourth-order valence-electron chi connectivity index (χ4n) is 5.15. The standard InChI is InChI=1S/C31H20N2O/c34-31(23-15-14-21-8-4-5-9-22(21)20-23)33-29-13-7-6-12-25(29)26-16-17-28-27(30(26)33)18-19-32(28)24-10-2-1-3-11-24/h1-20H. The molecule has 2 aromatic heterocycles. The van der Waals surface area contributed by atoms with Gasteiger partial charge in [-0.15, -0.1) is 0 Å². The Labute approximate surface area is 196 Å². The second-order valence-electron chi connectivity index (χ2n) is 8.64. The second kappa shape index (κ2) is 7.19. The zero-order chi connectivity index (χ0) is 22.6. The van der Waals surface area contributed by atoms with Crippen LogP contribution in [0.5, 0.6) is 0 Å². The summed E-state index contributed by atoms with van der Waals surface area (Å²) in [6.07, 6.45) is 2.09. The SMILES string of the molecule is O=C(c1ccc2ccccc2c1)n1c2ccccc2c2ccc3c(ccn3-c3ccccc3)c21. The van der Waals surface area contributed by atoms with Crippen LogP contribution in [0.3, 0.4) is 0 Å². The predicted molar refractivity (Wildman–Crippen MR) is 140 cm³/mol. The van der Waals surface area contributed by atoms with E-state index in [0.29, 0.717) is 5.56 Å². The van der Waals surface area contributed by atoms with Gasteiger partial charge < -0.3 is 4.57 Å². The van der Waals surface area contributed by atoms with Crippen LogP contribution in [-0.4, -0.2) is 15.0 Å². The lowest BCUT2D eigenvalue weighted by atomic mass is 10.1. The molecule has 0 spiro atoms. The molecule has 2 heterocycles. The van der Waals surface area contributed by atoms with Gasteiger partial charge in [0.2, 0.25) is 0 Å². The quantitative estimate of drug-likeness (QED) is 0.274. The Morgan fingerprint density at radius 2 is 1.32 bits per heavy atom. The lowest BCUT2D eigenvalue weighted by Gasteiger charge is -2.09. The Bertz CT molecular complexity index is 1870. The molecule has 0 aliphatic rings. The third-order valence-corrected chi connectivity index (χ3v) is 6.74. The Morgan fingerprint density at radius 1 is 0.559 bits per heavy atom. The van der Waals surface area contributed by atoms with Crippen molar-refractivity contribution in [3.05, 3.63) is 127 Å². The fourth-order valence-corrected chi connectivity index (χ4v) is 5.15. The van der Waals surface area contributed by atoms with E-state index in [1.807, 2.05) is 71.3 Å². The molecule has 0 unspecified atom stereocenters. The maximum absolute atomic E-state index is 14.1. The van der Waals surface area contributed by atoms with Crippen molar-refractivity contribution in [2.24, 2.45) is 0 Å². The van der Waals surface area contributed by atoms with Crippen molar-refractivity contribution in [2.45, 2.75) is 0 Å². The number of fused-ring (bicyclic) bond motifs is 6. The molecular weight excluding hydrogens is 416 g/mol. The molecule has 160 valence electrons. The number of hydrogen-bond donors (Lipinski definition) is 0. The summed E-state index contributed by atoms with van der Waals surface area (Å²) >= 11 is 0. The molecule has 34 heavy (non-hydrogen) atoms. The monoisotopic (exact) mass is 436 g/mol. The molecule has 0 radical (unpaired) electrons. The molecule has 0 aliphatic carbocycles. The summed E-state index contributed by atoms with van der Waals surface area (Å²) in [5, 5.41) is 5.42. The molecule has 3 nitrogen and oxygen atoms in total. The maximum atomic E-state index is 14.1. The van der Waals surface area contributed by atoms with E-state index >= 15 is 0 Å². The minimum Gasteiger partial charge on any atom is -0.316 e. The number of nitrogens with zero attached hydrogens (tertiary/aromatic N) is 2. The van der Waals surface area contributed by atoms with Gasteiger partial charge in [0.15, 0.2) is 0 Å². The molecule has 0 amide bonds. The largest absolute Gasteiger partial charge is 0.316 e. The van der Waals surface area contributed by atoms with E-state index in [0.717, 1.165) is 49.2 Å². The summed E-state index contributed by atoms with van der Waals surface area (Å²) in [4.78, 5) is 14.1. The van der Waals surface area contributed by atoms with Crippen LogP contribution in [0.4, 0.5) is 0 Å². The minimum absolute atomic E-state index is 0.0167. The van der Waals surface area contributed by atoms with E-state index in [4.69, 9.17) is 0 Å². The average Bonchev–Trinajstić information content (AvgIpc) is 3.48. The number of hydrogen-bond acceptors (Lipinski definition) is 1.